The molecule has 0 bridgehead atoms. The summed E-state index contributed by atoms with van der Waals surface area (Å²) < 4.78 is 0. The van der Waals surface area contributed by atoms with Gasteiger partial charge in [-0.15, -0.1) is 0 Å². The summed E-state index contributed by atoms with van der Waals surface area (Å²) >= 11 is 0. The average molecular weight is 248 g/mol. The predicted octanol–water partition coefficient (Wildman–Crippen LogP) is 3.83. The van der Waals surface area contributed by atoms with Crippen LogP contribution in [0.15, 0.2) is 24.3 Å². The van der Waals surface area contributed by atoms with Crippen LogP contribution in [0.2, 0.25) is 0 Å². The molecule has 0 aliphatic rings. The minimum atomic E-state index is 0.233. The molecule has 2 nitrogen and oxygen atoms in total. The molecule has 1 atom stereocenters. The van der Waals surface area contributed by atoms with E-state index in [-0.39, 0.29) is 11.5 Å². The van der Waals surface area contributed by atoms with E-state index in [4.69, 9.17) is 5.84 Å². The molecule has 3 N–H and O–H groups in total. The van der Waals surface area contributed by atoms with Gasteiger partial charge in [-0.25, -0.2) is 0 Å². The number of rotatable bonds is 5. The molecule has 0 saturated carbocycles. The van der Waals surface area contributed by atoms with Crippen molar-refractivity contribution in [2.24, 2.45) is 17.2 Å². The van der Waals surface area contributed by atoms with Crippen LogP contribution in [0.4, 0.5) is 0 Å². The molecule has 0 aliphatic carbocycles. The Labute approximate surface area is 112 Å². The van der Waals surface area contributed by atoms with Gasteiger partial charge < -0.3 is 0 Å². The zero-order valence-electron chi connectivity index (χ0n) is 12.5. The van der Waals surface area contributed by atoms with Gasteiger partial charge in [-0.1, -0.05) is 58.9 Å². The van der Waals surface area contributed by atoms with Gasteiger partial charge in [0.15, 0.2) is 0 Å². The van der Waals surface area contributed by atoms with E-state index in [0.717, 1.165) is 12.8 Å². The molecule has 0 aromatic heterocycles. The maximum absolute atomic E-state index is 5.71. The highest BCUT2D eigenvalue weighted by Gasteiger charge is 2.19. The number of nitrogens with one attached hydrogen (secondary N) is 1. The lowest BCUT2D eigenvalue weighted by Gasteiger charge is -2.26. The minimum absolute atomic E-state index is 0.233. The molecule has 0 aliphatic heterocycles. The van der Waals surface area contributed by atoms with Crippen LogP contribution < -0.4 is 11.3 Å². The van der Waals surface area contributed by atoms with Gasteiger partial charge >= 0.3 is 0 Å². The van der Waals surface area contributed by atoms with Crippen LogP contribution in [0.5, 0.6) is 0 Å². The molecule has 0 heterocycles. The summed E-state index contributed by atoms with van der Waals surface area (Å²) in [5.41, 5.74) is 5.92. The van der Waals surface area contributed by atoms with Crippen LogP contribution in [-0.4, -0.2) is 0 Å². The van der Waals surface area contributed by atoms with E-state index in [1.165, 1.54) is 11.1 Å². The number of hydrogen-bond donors (Lipinski definition) is 2. The van der Waals surface area contributed by atoms with Crippen LogP contribution in [0.3, 0.4) is 0 Å². The van der Waals surface area contributed by atoms with Crippen molar-refractivity contribution in [3.05, 3.63) is 35.4 Å². The molecular weight excluding hydrogens is 220 g/mol. The Bertz CT molecular complexity index is 364. The Morgan fingerprint density at radius 3 is 2.39 bits per heavy atom. The van der Waals surface area contributed by atoms with Gasteiger partial charge in [0, 0.05) is 6.04 Å². The smallest absolute Gasteiger partial charge is 0.0465 e. The fourth-order valence-electron chi connectivity index (χ4n) is 2.29. The topological polar surface area (TPSA) is 38.0 Å². The molecule has 1 aromatic carbocycles. The molecule has 1 unspecified atom stereocenters. The monoisotopic (exact) mass is 248 g/mol. The molecular formula is C16H28N2. The summed E-state index contributed by atoms with van der Waals surface area (Å²) in [7, 11) is 0. The van der Waals surface area contributed by atoms with E-state index >= 15 is 0 Å². The van der Waals surface area contributed by atoms with Crippen LogP contribution >= 0.6 is 0 Å². The lowest BCUT2D eigenvalue weighted by Crippen LogP contribution is -2.31. The highest BCUT2D eigenvalue weighted by molar-refractivity contribution is 5.26. The molecule has 2 heteroatoms. The van der Waals surface area contributed by atoms with Gasteiger partial charge in [-0.05, 0) is 35.3 Å². The van der Waals surface area contributed by atoms with Crippen LogP contribution in [0, 0.1) is 11.3 Å². The van der Waals surface area contributed by atoms with Gasteiger partial charge in [0.25, 0.3) is 0 Å². The molecule has 0 spiro atoms. The third-order valence-electron chi connectivity index (χ3n) is 3.02. The van der Waals surface area contributed by atoms with E-state index in [2.05, 4.69) is 64.3 Å². The largest absolute Gasteiger partial charge is 0.271 e. The average Bonchev–Trinajstić information content (AvgIpc) is 2.24. The lowest BCUT2D eigenvalue weighted by atomic mass is 9.85. The van der Waals surface area contributed by atoms with Gasteiger partial charge in [-0.3, -0.25) is 11.3 Å². The van der Waals surface area contributed by atoms with Gasteiger partial charge in [-0.2, -0.15) is 0 Å². The SMILES string of the molecule is CC(C)Cc1cccc(C(CC(C)(C)C)NN)c1. The number of benzene rings is 1. The first-order valence-electron chi connectivity index (χ1n) is 6.87. The first-order valence-corrected chi connectivity index (χ1v) is 6.87. The third kappa shape index (κ3) is 5.19. The summed E-state index contributed by atoms with van der Waals surface area (Å²) in [4.78, 5) is 0. The van der Waals surface area contributed by atoms with Crippen LogP contribution in [-0.2, 0) is 6.42 Å². The predicted molar refractivity (Wildman–Crippen MR) is 79.1 cm³/mol. The van der Waals surface area contributed by atoms with Crippen molar-refractivity contribution in [1.82, 2.24) is 5.43 Å². The third-order valence-corrected chi connectivity index (χ3v) is 3.02. The standard InChI is InChI=1S/C16H28N2/c1-12(2)9-13-7-6-8-14(10-13)15(18-17)11-16(3,4)5/h6-8,10,12,15,18H,9,11,17H2,1-5H3. The maximum Gasteiger partial charge on any atom is 0.0465 e. The second-order valence-electron chi connectivity index (χ2n) is 6.83. The Morgan fingerprint density at radius 1 is 1.22 bits per heavy atom. The molecule has 18 heavy (non-hydrogen) atoms. The van der Waals surface area contributed by atoms with E-state index < -0.39 is 0 Å². The van der Waals surface area contributed by atoms with Crippen molar-refractivity contribution in [3.63, 3.8) is 0 Å². The minimum Gasteiger partial charge on any atom is -0.271 e. The summed E-state index contributed by atoms with van der Waals surface area (Å²) in [5.74, 6) is 6.40. The van der Waals surface area contributed by atoms with Crippen molar-refractivity contribution in [2.75, 3.05) is 0 Å². The number of hydrogen-bond acceptors (Lipinski definition) is 2. The number of hydrazine groups is 1. The zero-order valence-corrected chi connectivity index (χ0v) is 12.5. The van der Waals surface area contributed by atoms with Crippen molar-refractivity contribution in [3.8, 4) is 0 Å². The first kappa shape index (κ1) is 15.2. The Hall–Kier alpha value is -0.860. The molecule has 0 saturated heterocycles. The molecule has 1 aromatic rings. The second-order valence-corrected chi connectivity index (χ2v) is 6.83. The highest BCUT2D eigenvalue weighted by atomic mass is 15.2. The normalized spacial score (nSPS) is 13.9. The van der Waals surface area contributed by atoms with E-state index in [0.29, 0.717) is 5.92 Å². The maximum atomic E-state index is 5.71. The van der Waals surface area contributed by atoms with Crippen molar-refractivity contribution in [1.29, 1.82) is 0 Å². The lowest BCUT2D eigenvalue weighted by molar-refractivity contribution is 0.313. The molecule has 0 amide bonds. The van der Waals surface area contributed by atoms with E-state index in [9.17, 15) is 0 Å². The fraction of sp³-hybridized carbons (Fsp3) is 0.625. The van der Waals surface area contributed by atoms with Crippen LogP contribution in [0.1, 0.15) is 58.2 Å². The summed E-state index contributed by atoms with van der Waals surface area (Å²) in [6, 6.07) is 9.03. The number of nitrogens with two attached hydrogens (primary N) is 1. The quantitative estimate of drug-likeness (QED) is 0.614. The van der Waals surface area contributed by atoms with Gasteiger partial charge in [0.2, 0.25) is 0 Å². The van der Waals surface area contributed by atoms with Gasteiger partial charge in [0.1, 0.15) is 0 Å². The van der Waals surface area contributed by atoms with Crippen molar-refractivity contribution < 1.29 is 0 Å². The van der Waals surface area contributed by atoms with Crippen molar-refractivity contribution >= 4 is 0 Å². The van der Waals surface area contributed by atoms with E-state index in [1.807, 2.05) is 0 Å². The van der Waals surface area contributed by atoms with E-state index in [1.54, 1.807) is 0 Å². The zero-order chi connectivity index (χ0) is 13.8. The van der Waals surface area contributed by atoms with Gasteiger partial charge in [0.05, 0.1) is 0 Å². The summed E-state index contributed by atoms with van der Waals surface area (Å²) in [5, 5.41) is 0. The van der Waals surface area contributed by atoms with Crippen LogP contribution in [0.25, 0.3) is 0 Å². The highest BCUT2D eigenvalue weighted by Crippen LogP contribution is 2.29. The first-order chi connectivity index (χ1) is 8.31. The fourth-order valence-corrected chi connectivity index (χ4v) is 2.29. The molecule has 1 rings (SSSR count). The van der Waals surface area contributed by atoms with Crippen molar-refractivity contribution in [2.45, 2.75) is 53.5 Å². The summed E-state index contributed by atoms with van der Waals surface area (Å²) in [6.07, 6.45) is 2.16. The second kappa shape index (κ2) is 6.35. The summed E-state index contributed by atoms with van der Waals surface area (Å²) in [6.45, 7) is 11.2. The molecule has 0 radical (unpaired) electrons. The molecule has 0 fully saturated rings. The Kier molecular flexibility index (Phi) is 5.36. The molecule has 102 valence electrons. The Morgan fingerprint density at radius 2 is 1.89 bits per heavy atom. The Balaban J connectivity index is 2.86.